The number of carbonyl (C=O) groups is 1. The van der Waals surface area contributed by atoms with Crippen molar-refractivity contribution in [2.75, 3.05) is 6.61 Å². The third-order valence-electron chi connectivity index (χ3n) is 8.19. The molecule has 0 radical (unpaired) electrons. The van der Waals surface area contributed by atoms with Crippen LogP contribution in [0, 0.1) is 0 Å². The smallest absolute Gasteiger partial charge is 0.220 e. The number of amides is 1. The molecule has 0 aromatic carbocycles. The Morgan fingerprint density at radius 1 is 0.561 bits per heavy atom. The van der Waals surface area contributed by atoms with Gasteiger partial charge < -0.3 is 15.5 Å². The second kappa shape index (κ2) is 33.4. The molecule has 0 aliphatic rings. The van der Waals surface area contributed by atoms with E-state index < -0.39 is 12.1 Å². The van der Waals surface area contributed by atoms with Crippen LogP contribution in [0.1, 0.15) is 187 Å². The average molecular weight is 578 g/mol. The first kappa shape index (κ1) is 39.9. The first-order valence-electron chi connectivity index (χ1n) is 18.1. The molecule has 4 nitrogen and oxygen atoms in total. The molecule has 0 heterocycles. The number of aliphatic hydroxyl groups excluding tert-OH is 2. The molecule has 0 fully saturated rings. The Balaban J connectivity index is 3.63. The highest BCUT2D eigenvalue weighted by atomic mass is 16.3. The summed E-state index contributed by atoms with van der Waals surface area (Å²) in [5.41, 5.74) is 0. The van der Waals surface area contributed by atoms with Crippen molar-refractivity contribution >= 4 is 5.91 Å². The van der Waals surface area contributed by atoms with Crippen LogP contribution in [0.5, 0.6) is 0 Å². The highest BCUT2D eigenvalue weighted by molar-refractivity contribution is 5.76. The number of hydrogen-bond donors (Lipinski definition) is 3. The van der Waals surface area contributed by atoms with E-state index >= 15 is 0 Å². The summed E-state index contributed by atoms with van der Waals surface area (Å²) in [4.78, 5) is 12.2. The van der Waals surface area contributed by atoms with Gasteiger partial charge in [-0.2, -0.15) is 0 Å². The van der Waals surface area contributed by atoms with Crippen LogP contribution >= 0.6 is 0 Å². The predicted octanol–water partition coefficient (Wildman–Crippen LogP) is 10.5. The third-order valence-corrected chi connectivity index (χ3v) is 8.19. The highest BCUT2D eigenvalue weighted by Gasteiger charge is 2.17. The minimum absolute atomic E-state index is 0.0779. The highest BCUT2D eigenvalue weighted by Crippen LogP contribution is 2.14. The maximum Gasteiger partial charge on any atom is 0.220 e. The summed E-state index contributed by atoms with van der Waals surface area (Å²) in [7, 11) is 0. The molecule has 0 aliphatic carbocycles. The second-order valence-corrected chi connectivity index (χ2v) is 12.3. The van der Waals surface area contributed by atoms with Gasteiger partial charge in [0.15, 0.2) is 0 Å². The number of nitrogens with one attached hydrogen (secondary N) is 1. The van der Waals surface area contributed by atoms with E-state index in [1.807, 2.05) is 6.08 Å². The maximum atomic E-state index is 12.2. The molecule has 0 aliphatic heterocycles. The Labute approximate surface area is 256 Å². The van der Waals surface area contributed by atoms with Crippen LogP contribution in [0.15, 0.2) is 24.3 Å². The average Bonchev–Trinajstić information content (AvgIpc) is 2.97. The quantitative estimate of drug-likeness (QED) is 0.0550. The van der Waals surface area contributed by atoms with Crippen molar-refractivity contribution < 1.29 is 15.0 Å². The molecule has 4 heteroatoms. The molecule has 3 N–H and O–H groups in total. The minimum Gasteiger partial charge on any atom is -0.394 e. The van der Waals surface area contributed by atoms with Crippen molar-refractivity contribution in [3.05, 3.63) is 24.3 Å². The van der Waals surface area contributed by atoms with Gasteiger partial charge in [0.1, 0.15) is 0 Å². The molecule has 2 unspecified atom stereocenters. The van der Waals surface area contributed by atoms with E-state index in [4.69, 9.17) is 0 Å². The monoisotopic (exact) mass is 578 g/mol. The van der Waals surface area contributed by atoms with Gasteiger partial charge in [-0.15, -0.1) is 0 Å². The lowest BCUT2D eigenvalue weighted by atomic mass is 10.0. The van der Waals surface area contributed by atoms with Crippen LogP contribution in [0.4, 0.5) is 0 Å². The van der Waals surface area contributed by atoms with Gasteiger partial charge in [-0.25, -0.2) is 0 Å². The Morgan fingerprint density at radius 3 is 1.41 bits per heavy atom. The molecule has 41 heavy (non-hydrogen) atoms. The molecule has 2 atom stereocenters. The van der Waals surface area contributed by atoms with Gasteiger partial charge in [-0.3, -0.25) is 4.79 Å². The van der Waals surface area contributed by atoms with Crippen LogP contribution in [-0.2, 0) is 4.79 Å². The summed E-state index contributed by atoms with van der Waals surface area (Å²) in [5, 5.41) is 22.8. The molecule has 0 aromatic rings. The lowest BCUT2D eigenvalue weighted by Crippen LogP contribution is -2.45. The normalized spacial score (nSPS) is 13.4. The SMILES string of the molecule is CCCCCCCCCCCCCCCC/C=C/CC/C=C/C(O)C(CO)NC(=O)CCCCCCCCCCC. The van der Waals surface area contributed by atoms with Gasteiger partial charge in [0, 0.05) is 6.42 Å². The van der Waals surface area contributed by atoms with E-state index in [0.717, 1.165) is 32.1 Å². The fourth-order valence-corrected chi connectivity index (χ4v) is 5.37. The molecule has 0 saturated heterocycles. The third kappa shape index (κ3) is 30.1. The number of aliphatic hydroxyl groups is 2. The zero-order valence-electron chi connectivity index (χ0n) is 27.6. The van der Waals surface area contributed by atoms with E-state index in [0.29, 0.717) is 6.42 Å². The summed E-state index contributed by atoms with van der Waals surface area (Å²) in [6.45, 7) is 4.27. The van der Waals surface area contributed by atoms with Gasteiger partial charge in [0.25, 0.3) is 0 Å². The Morgan fingerprint density at radius 2 is 0.951 bits per heavy atom. The van der Waals surface area contributed by atoms with E-state index in [1.165, 1.54) is 135 Å². The summed E-state index contributed by atoms with van der Waals surface area (Å²) in [6.07, 6.45) is 41.3. The number of unbranched alkanes of at least 4 members (excludes halogenated alkanes) is 23. The first-order valence-corrected chi connectivity index (χ1v) is 18.1. The standard InChI is InChI=1S/C37H71NO3/c1-3-5-7-9-11-13-14-15-16-17-18-19-20-21-22-23-25-26-28-30-32-36(40)35(34-39)38-37(41)33-31-29-27-24-12-10-8-6-4-2/h23,25,30,32,35-36,39-40H,3-22,24,26-29,31,33-34H2,1-2H3,(H,38,41)/b25-23+,32-30+. The maximum absolute atomic E-state index is 12.2. The Kier molecular flexibility index (Phi) is 32.5. The lowest BCUT2D eigenvalue weighted by Gasteiger charge is -2.19. The van der Waals surface area contributed by atoms with Crippen molar-refractivity contribution in [1.82, 2.24) is 5.32 Å². The van der Waals surface area contributed by atoms with Crippen molar-refractivity contribution in [3.63, 3.8) is 0 Å². The van der Waals surface area contributed by atoms with Crippen LogP contribution in [0.25, 0.3) is 0 Å². The second-order valence-electron chi connectivity index (χ2n) is 12.3. The van der Waals surface area contributed by atoms with Gasteiger partial charge in [-0.05, 0) is 32.1 Å². The molecule has 0 rings (SSSR count). The molecular formula is C37H71NO3. The van der Waals surface area contributed by atoms with E-state index in [9.17, 15) is 15.0 Å². The lowest BCUT2D eigenvalue weighted by molar-refractivity contribution is -0.123. The predicted molar refractivity (Wildman–Crippen MR) is 179 cm³/mol. The Hall–Kier alpha value is -1.13. The molecule has 242 valence electrons. The summed E-state index contributed by atoms with van der Waals surface area (Å²) in [5.74, 6) is -0.0779. The van der Waals surface area contributed by atoms with Crippen LogP contribution in [-0.4, -0.2) is 34.9 Å². The fraction of sp³-hybridized carbons (Fsp3) is 0.865. The van der Waals surface area contributed by atoms with E-state index in [1.54, 1.807) is 6.08 Å². The fourth-order valence-electron chi connectivity index (χ4n) is 5.37. The van der Waals surface area contributed by atoms with E-state index in [-0.39, 0.29) is 12.5 Å². The molecule has 1 amide bonds. The molecule has 0 bridgehead atoms. The van der Waals surface area contributed by atoms with Crippen molar-refractivity contribution in [2.45, 2.75) is 199 Å². The number of hydrogen-bond acceptors (Lipinski definition) is 3. The zero-order chi connectivity index (χ0) is 30.1. The largest absolute Gasteiger partial charge is 0.394 e. The number of rotatable bonds is 32. The summed E-state index contributed by atoms with van der Waals surface area (Å²) in [6, 6.07) is -0.631. The number of carbonyl (C=O) groups excluding carboxylic acids is 1. The summed E-state index contributed by atoms with van der Waals surface area (Å²) >= 11 is 0. The van der Waals surface area contributed by atoms with Gasteiger partial charge in [-0.1, -0.05) is 173 Å². The van der Waals surface area contributed by atoms with E-state index in [2.05, 4.69) is 31.3 Å². The van der Waals surface area contributed by atoms with Crippen molar-refractivity contribution in [3.8, 4) is 0 Å². The van der Waals surface area contributed by atoms with Crippen molar-refractivity contribution in [2.24, 2.45) is 0 Å². The van der Waals surface area contributed by atoms with Crippen LogP contribution in [0.2, 0.25) is 0 Å². The first-order chi connectivity index (χ1) is 20.2. The molecule has 0 spiro atoms. The van der Waals surface area contributed by atoms with Crippen LogP contribution < -0.4 is 5.32 Å². The summed E-state index contributed by atoms with van der Waals surface area (Å²) < 4.78 is 0. The molecule has 0 saturated carbocycles. The van der Waals surface area contributed by atoms with Crippen molar-refractivity contribution in [1.29, 1.82) is 0 Å². The minimum atomic E-state index is -0.855. The van der Waals surface area contributed by atoms with Crippen LogP contribution in [0.3, 0.4) is 0 Å². The number of allylic oxidation sites excluding steroid dienone is 3. The molecular weight excluding hydrogens is 506 g/mol. The van der Waals surface area contributed by atoms with Gasteiger partial charge in [0.2, 0.25) is 5.91 Å². The van der Waals surface area contributed by atoms with Gasteiger partial charge in [0.05, 0.1) is 18.8 Å². The van der Waals surface area contributed by atoms with Gasteiger partial charge >= 0.3 is 0 Å². The molecule has 0 aromatic heterocycles. The zero-order valence-corrected chi connectivity index (χ0v) is 27.6. The topological polar surface area (TPSA) is 69.6 Å². The Bertz CT molecular complexity index is 589.